The lowest BCUT2D eigenvalue weighted by atomic mass is 10.0. The molecule has 2 amide bonds. The number of amides is 2. The van der Waals surface area contributed by atoms with Crippen molar-refractivity contribution in [3.8, 4) is 0 Å². The van der Waals surface area contributed by atoms with Gasteiger partial charge in [0, 0.05) is 37.6 Å². The van der Waals surface area contributed by atoms with Crippen molar-refractivity contribution in [3.05, 3.63) is 0 Å². The van der Waals surface area contributed by atoms with Gasteiger partial charge < -0.3 is 32.1 Å². The number of rotatable bonds is 14. The molecule has 7 N–H and O–H groups in total. The van der Waals surface area contributed by atoms with E-state index in [9.17, 15) is 14.4 Å². The standard InChI is InChI=1S/C20H41N5O4/c1-13(2)14(3)24-15(8-9-17(26)27)18(28)22-10-7-11-23-19(29)16(12-21)25-20(4,5)6/h13-16,24-25H,7-12,21H2,1-6H3,(H,22,28)(H,23,29)(H,26,27)/t14?,15-,16-/m0/s1. The van der Waals surface area contributed by atoms with Gasteiger partial charge in [0.25, 0.3) is 0 Å². The summed E-state index contributed by atoms with van der Waals surface area (Å²) in [6.07, 6.45) is 0.717. The van der Waals surface area contributed by atoms with E-state index in [1.54, 1.807) is 0 Å². The summed E-state index contributed by atoms with van der Waals surface area (Å²) in [6.45, 7) is 12.9. The number of hydrogen-bond acceptors (Lipinski definition) is 6. The fourth-order valence-corrected chi connectivity index (χ4v) is 2.58. The predicted octanol–water partition coefficient (Wildman–Crippen LogP) is 0.192. The fraction of sp³-hybridized carbons (Fsp3) is 0.850. The van der Waals surface area contributed by atoms with Crippen LogP contribution in [0.15, 0.2) is 0 Å². The van der Waals surface area contributed by atoms with Gasteiger partial charge in [-0.25, -0.2) is 0 Å². The third-order valence-corrected chi connectivity index (χ3v) is 4.54. The van der Waals surface area contributed by atoms with E-state index in [4.69, 9.17) is 10.8 Å². The van der Waals surface area contributed by atoms with E-state index in [0.29, 0.717) is 25.4 Å². The molecule has 0 aromatic heterocycles. The van der Waals surface area contributed by atoms with Crippen molar-refractivity contribution in [1.82, 2.24) is 21.3 Å². The molecule has 1 unspecified atom stereocenters. The molecule has 0 fully saturated rings. The van der Waals surface area contributed by atoms with Gasteiger partial charge in [0.15, 0.2) is 0 Å². The van der Waals surface area contributed by atoms with Crippen LogP contribution in [-0.2, 0) is 14.4 Å². The van der Waals surface area contributed by atoms with Crippen molar-refractivity contribution in [3.63, 3.8) is 0 Å². The second-order valence-electron chi connectivity index (χ2n) is 8.80. The highest BCUT2D eigenvalue weighted by atomic mass is 16.4. The molecule has 0 aliphatic rings. The normalized spacial score (nSPS) is 14.9. The third-order valence-electron chi connectivity index (χ3n) is 4.54. The van der Waals surface area contributed by atoms with Crippen molar-refractivity contribution < 1.29 is 19.5 Å². The first-order valence-corrected chi connectivity index (χ1v) is 10.4. The van der Waals surface area contributed by atoms with Crippen LogP contribution in [0.1, 0.15) is 60.8 Å². The van der Waals surface area contributed by atoms with Gasteiger partial charge >= 0.3 is 5.97 Å². The molecule has 0 saturated carbocycles. The first-order chi connectivity index (χ1) is 13.4. The van der Waals surface area contributed by atoms with E-state index >= 15 is 0 Å². The lowest BCUT2D eigenvalue weighted by Gasteiger charge is -2.27. The zero-order chi connectivity index (χ0) is 22.6. The minimum atomic E-state index is -0.928. The van der Waals surface area contributed by atoms with E-state index < -0.39 is 18.1 Å². The summed E-state index contributed by atoms with van der Waals surface area (Å²) in [4.78, 5) is 35.5. The molecule has 0 aliphatic heterocycles. The van der Waals surface area contributed by atoms with Gasteiger partial charge in [-0.3, -0.25) is 14.4 Å². The molecule has 0 aliphatic carbocycles. The van der Waals surface area contributed by atoms with E-state index in [2.05, 4.69) is 21.3 Å². The molecule has 0 aromatic rings. The average molecular weight is 416 g/mol. The minimum Gasteiger partial charge on any atom is -0.481 e. The number of carbonyl (C=O) groups excluding carboxylic acids is 2. The maximum absolute atomic E-state index is 12.4. The van der Waals surface area contributed by atoms with E-state index in [1.165, 1.54) is 0 Å². The molecule has 170 valence electrons. The van der Waals surface area contributed by atoms with E-state index in [1.807, 2.05) is 41.5 Å². The van der Waals surface area contributed by atoms with Gasteiger partial charge in [-0.1, -0.05) is 13.8 Å². The molecule has 0 rings (SSSR count). The van der Waals surface area contributed by atoms with Gasteiger partial charge in [0.05, 0.1) is 12.1 Å². The van der Waals surface area contributed by atoms with Crippen molar-refractivity contribution in [2.45, 2.75) is 84.5 Å². The number of nitrogens with one attached hydrogen (secondary N) is 4. The largest absolute Gasteiger partial charge is 0.481 e. The van der Waals surface area contributed by atoms with Crippen LogP contribution in [0.25, 0.3) is 0 Å². The number of aliphatic carboxylic acids is 1. The highest BCUT2D eigenvalue weighted by Gasteiger charge is 2.23. The molecule has 0 bridgehead atoms. The zero-order valence-corrected chi connectivity index (χ0v) is 18.8. The lowest BCUT2D eigenvalue weighted by Crippen LogP contribution is -2.55. The first kappa shape index (κ1) is 27.3. The molecule has 0 saturated heterocycles. The molecular weight excluding hydrogens is 374 g/mol. The lowest BCUT2D eigenvalue weighted by molar-refractivity contribution is -0.137. The highest BCUT2D eigenvalue weighted by molar-refractivity contribution is 5.83. The zero-order valence-electron chi connectivity index (χ0n) is 18.8. The third kappa shape index (κ3) is 13.2. The Bertz CT molecular complexity index is 519. The second kappa shape index (κ2) is 13.5. The Morgan fingerprint density at radius 1 is 0.966 bits per heavy atom. The van der Waals surface area contributed by atoms with Crippen LogP contribution >= 0.6 is 0 Å². The average Bonchev–Trinajstić information content (AvgIpc) is 2.61. The van der Waals surface area contributed by atoms with Crippen LogP contribution < -0.4 is 27.0 Å². The molecule has 9 heteroatoms. The number of carboxylic acid groups (broad SMARTS) is 1. The van der Waals surface area contributed by atoms with Gasteiger partial charge in [-0.15, -0.1) is 0 Å². The summed E-state index contributed by atoms with van der Waals surface area (Å²) in [5.74, 6) is -0.995. The van der Waals surface area contributed by atoms with Gasteiger partial charge in [0.2, 0.25) is 11.8 Å². The first-order valence-electron chi connectivity index (χ1n) is 10.4. The number of carbonyl (C=O) groups is 3. The molecule has 0 radical (unpaired) electrons. The number of nitrogens with two attached hydrogens (primary N) is 1. The molecule has 9 nitrogen and oxygen atoms in total. The molecular formula is C20H41N5O4. The molecule has 29 heavy (non-hydrogen) atoms. The Labute approximate surface area is 174 Å². The predicted molar refractivity (Wildman–Crippen MR) is 114 cm³/mol. The second-order valence-corrected chi connectivity index (χ2v) is 8.80. The number of hydrogen-bond donors (Lipinski definition) is 6. The van der Waals surface area contributed by atoms with Crippen LogP contribution in [0.3, 0.4) is 0 Å². The smallest absolute Gasteiger partial charge is 0.303 e. The monoisotopic (exact) mass is 415 g/mol. The quantitative estimate of drug-likeness (QED) is 0.222. The van der Waals surface area contributed by atoms with Crippen LogP contribution in [0, 0.1) is 5.92 Å². The van der Waals surface area contributed by atoms with E-state index in [0.717, 1.165) is 0 Å². The highest BCUT2D eigenvalue weighted by Crippen LogP contribution is 2.06. The van der Waals surface area contributed by atoms with Crippen LogP contribution in [0.5, 0.6) is 0 Å². The Hall–Kier alpha value is -1.71. The van der Waals surface area contributed by atoms with Crippen LogP contribution in [0.2, 0.25) is 0 Å². The summed E-state index contributed by atoms with van der Waals surface area (Å²) in [7, 11) is 0. The maximum Gasteiger partial charge on any atom is 0.303 e. The van der Waals surface area contributed by atoms with Crippen molar-refractivity contribution in [1.29, 1.82) is 0 Å². The topological polar surface area (TPSA) is 146 Å². The SMILES string of the molecule is CC(C)C(C)N[C@@H](CCC(=O)O)C(=O)NCCCNC(=O)[C@H](CN)NC(C)(C)C. The molecule has 0 spiro atoms. The van der Waals surface area contributed by atoms with Crippen LogP contribution in [0.4, 0.5) is 0 Å². The number of carboxylic acids is 1. The van der Waals surface area contributed by atoms with Gasteiger partial charge in [-0.05, 0) is 46.5 Å². The van der Waals surface area contributed by atoms with Crippen LogP contribution in [-0.4, -0.2) is 66.2 Å². The summed E-state index contributed by atoms with van der Waals surface area (Å²) < 4.78 is 0. The minimum absolute atomic E-state index is 0.0762. The van der Waals surface area contributed by atoms with Crippen molar-refractivity contribution in [2.24, 2.45) is 11.7 Å². The summed E-state index contributed by atoms with van der Waals surface area (Å²) in [6, 6.07) is -0.940. The Balaban J connectivity index is 4.40. The Morgan fingerprint density at radius 2 is 1.48 bits per heavy atom. The van der Waals surface area contributed by atoms with E-state index in [-0.39, 0.29) is 42.8 Å². The Kier molecular flexibility index (Phi) is 12.7. The fourth-order valence-electron chi connectivity index (χ4n) is 2.58. The summed E-state index contributed by atoms with van der Waals surface area (Å²) >= 11 is 0. The van der Waals surface area contributed by atoms with Crippen molar-refractivity contribution >= 4 is 17.8 Å². The Morgan fingerprint density at radius 3 is 1.90 bits per heavy atom. The maximum atomic E-state index is 12.4. The molecule has 0 heterocycles. The van der Waals surface area contributed by atoms with Gasteiger partial charge in [-0.2, -0.15) is 0 Å². The van der Waals surface area contributed by atoms with Gasteiger partial charge in [0.1, 0.15) is 0 Å². The summed E-state index contributed by atoms with van der Waals surface area (Å²) in [5, 5.41) is 20.9. The molecule has 0 aromatic carbocycles. The van der Waals surface area contributed by atoms with Crippen molar-refractivity contribution in [2.75, 3.05) is 19.6 Å². The molecule has 3 atom stereocenters. The summed E-state index contributed by atoms with van der Waals surface area (Å²) in [5.41, 5.74) is 5.44.